The van der Waals surface area contributed by atoms with E-state index in [4.69, 9.17) is 4.74 Å². The van der Waals surface area contributed by atoms with Gasteiger partial charge in [0.15, 0.2) is 4.34 Å². The minimum absolute atomic E-state index is 0.155. The molecule has 1 unspecified atom stereocenters. The zero-order valence-electron chi connectivity index (χ0n) is 25.3. The molecular weight excluding hydrogens is 637 g/mol. The van der Waals surface area contributed by atoms with Crippen molar-refractivity contribution in [2.75, 3.05) is 4.90 Å². The molecule has 1 aliphatic rings. The van der Waals surface area contributed by atoms with Crippen molar-refractivity contribution < 1.29 is 24.4 Å². The van der Waals surface area contributed by atoms with Crippen LogP contribution in [0.4, 0.5) is 10.8 Å². The molecular formula is C35H28N4O6S2. The smallest absolute Gasteiger partial charge is 0.301 e. The van der Waals surface area contributed by atoms with E-state index in [2.05, 4.69) is 10.2 Å². The lowest BCUT2D eigenvalue weighted by molar-refractivity contribution is -0.384. The number of nitrogens with zero attached hydrogens (tertiary/aromatic N) is 4. The lowest BCUT2D eigenvalue weighted by atomic mass is 9.95. The van der Waals surface area contributed by atoms with Crippen LogP contribution in [-0.2, 0) is 21.9 Å². The molecule has 1 aliphatic heterocycles. The molecule has 1 saturated heterocycles. The van der Waals surface area contributed by atoms with Crippen LogP contribution >= 0.6 is 23.1 Å². The van der Waals surface area contributed by atoms with E-state index in [1.807, 2.05) is 62.4 Å². The van der Waals surface area contributed by atoms with Crippen LogP contribution in [0.3, 0.4) is 0 Å². The van der Waals surface area contributed by atoms with Crippen molar-refractivity contribution in [2.24, 2.45) is 0 Å². The Kier molecular flexibility index (Phi) is 9.14. The van der Waals surface area contributed by atoms with Crippen molar-refractivity contribution in [1.29, 1.82) is 0 Å². The van der Waals surface area contributed by atoms with Crippen LogP contribution < -0.4 is 9.64 Å². The SMILES string of the molecule is Cc1ccc(CSc2nnc(N3C(=O)C(=O)C(=C(O)c4ccc(OCc5ccccc5C)cc4)C3c3ccc([N+](=O)[O-])cc3)s2)cc1. The predicted octanol–water partition coefficient (Wildman–Crippen LogP) is 7.56. The highest BCUT2D eigenvalue weighted by Gasteiger charge is 2.48. The van der Waals surface area contributed by atoms with Gasteiger partial charge in [-0.15, -0.1) is 10.2 Å². The van der Waals surface area contributed by atoms with Crippen LogP contribution in [0.5, 0.6) is 5.75 Å². The predicted molar refractivity (Wildman–Crippen MR) is 180 cm³/mol. The van der Waals surface area contributed by atoms with Crippen LogP contribution in [-0.4, -0.2) is 31.9 Å². The van der Waals surface area contributed by atoms with E-state index in [1.165, 1.54) is 40.9 Å². The highest BCUT2D eigenvalue weighted by Crippen LogP contribution is 2.44. The summed E-state index contributed by atoms with van der Waals surface area (Å²) in [5.74, 6) is -1.00. The molecule has 0 bridgehead atoms. The standard InChI is InChI=1S/C35H28N4O6S2/c1-21-7-9-23(10-8-21)20-46-35-37-36-34(47-35)38-30(24-11-15-27(16-12-24)39(43)44)29(32(41)33(38)42)31(40)25-13-17-28(18-14-25)45-19-26-6-4-3-5-22(26)2/h3-18,30,40H,19-20H2,1-2H3. The molecule has 236 valence electrons. The van der Waals surface area contributed by atoms with Gasteiger partial charge in [0.1, 0.15) is 18.1 Å². The van der Waals surface area contributed by atoms with Gasteiger partial charge >= 0.3 is 5.91 Å². The van der Waals surface area contributed by atoms with E-state index in [0.717, 1.165) is 33.6 Å². The third kappa shape index (κ3) is 6.79. The molecule has 5 aromatic rings. The summed E-state index contributed by atoms with van der Waals surface area (Å²) in [6.07, 6.45) is 0. The summed E-state index contributed by atoms with van der Waals surface area (Å²) in [5.41, 5.74) is 4.75. The molecule has 0 radical (unpaired) electrons. The Morgan fingerprint density at radius 3 is 2.34 bits per heavy atom. The maximum absolute atomic E-state index is 13.6. The van der Waals surface area contributed by atoms with Gasteiger partial charge in [-0.25, -0.2) is 0 Å². The Bertz CT molecular complexity index is 1990. The van der Waals surface area contributed by atoms with Gasteiger partial charge in [-0.2, -0.15) is 0 Å². The molecule has 0 spiro atoms. The number of ketones is 1. The number of hydrogen-bond donors (Lipinski definition) is 1. The molecule has 0 aliphatic carbocycles. The van der Waals surface area contributed by atoms with Gasteiger partial charge in [-0.1, -0.05) is 77.2 Å². The lowest BCUT2D eigenvalue weighted by Gasteiger charge is -2.22. The van der Waals surface area contributed by atoms with Crippen molar-refractivity contribution in [3.8, 4) is 5.75 Å². The van der Waals surface area contributed by atoms with E-state index in [0.29, 0.717) is 33.6 Å². The Balaban J connectivity index is 1.31. The number of carbonyl (C=O) groups excluding carboxylic acids is 2. The van der Waals surface area contributed by atoms with Gasteiger partial charge in [0.25, 0.3) is 11.5 Å². The summed E-state index contributed by atoms with van der Waals surface area (Å²) >= 11 is 2.59. The Morgan fingerprint density at radius 1 is 0.957 bits per heavy atom. The molecule has 6 rings (SSSR count). The fourth-order valence-electron chi connectivity index (χ4n) is 5.11. The lowest BCUT2D eigenvalue weighted by Crippen LogP contribution is -2.29. The normalized spacial score (nSPS) is 15.6. The van der Waals surface area contributed by atoms with Gasteiger partial charge < -0.3 is 9.84 Å². The zero-order chi connectivity index (χ0) is 33.1. The van der Waals surface area contributed by atoms with Crippen LogP contribution in [0, 0.1) is 24.0 Å². The van der Waals surface area contributed by atoms with Crippen molar-refractivity contribution in [3.63, 3.8) is 0 Å². The van der Waals surface area contributed by atoms with Gasteiger partial charge in [-0.3, -0.25) is 24.6 Å². The maximum atomic E-state index is 13.6. The van der Waals surface area contributed by atoms with E-state index in [9.17, 15) is 24.8 Å². The van der Waals surface area contributed by atoms with Crippen molar-refractivity contribution in [1.82, 2.24) is 10.2 Å². The molecule has 1 N–H and O–H groups in total. The van der Waals surface area contributed by atoms with Crippen LogP contribution in [0.2, 0.25) is 0 Å². The van der Waals surface area contributed by atoms with Crippen LogP contribution in [0.25, 0.3) is 5.76 Å². The fraction of sp³-hybridized carbons (Fsp3) is 0.143. The summed E-state index contributed by atoms with van der Waals surface area (Å²) in [6, 6.07) is 27.0. The molecule has 2 heterocycles. The number of non-ortho nitro benzene ring substituents is 1. The number of aromatic nitrogens is 2. The summed E-state index contributed by atoms with van der Waals surface area (Å²) in [4.78, 5) is 39.1. The molecule has 0 saturated carbocycles. The third-order valence-corrected chi connectivity index (χ3v) is 9.86. The number of rotatable bonds is 10. The summed E-state index contributed by atoms with van der Waals surface area (Å²) in [6.45, 7) is 4.38. The molecule has 47 heavy (non-hydrogen) atoms. The molecule has 10 nitrogen and oxygen atoms in total. The first-order valence-electron chi connectivity index (χ1n) is 14.5. The number of aryl methyl sites for hydroxylation is 2. The minimum atomic E-state index is -1.10. The second-order valence-electron chi connectivity index (χ2n) is 10.9. The van der Waals surface area contributed by atoms with E-state index in [1.54, 1.807) is 24.3 Å². The number of Topliss-reactive ketones (excluding diaryl/α,β-unsaturated/α-hetero) is 1. The summed E-state index contributed by atoms with van der Waals surface area (Å²) in [7, 11) is 0. The first-order chi connectivity index (χ1) is 22.7. The van der Waals surface area contributed by atoms with E-state index < -0.39 is 28.4 Å². The number of carbonyl (C=O) groups is 2. The Hall–Kier alpha value is -5.33. The number of amides is 1. The minimum Gasteiger partial charge on any atom is -0.507 e. The number of nitro groups is 1. The van der Waals surface area contributed by atoms with E-state index in [-0.39, 0.29) is 16.4 Å². The van der Waals surface area contributed by atoms with E-state index >= 15 is 0 Å². The summed E-state index contributed by atoms with van der Waals surface area (Å²) in [5, 5.41) is 31.5. The quantitative estimate of drug-likeness (QED) is 0.0305. The maximum Gasteiger partial charge on any atom is 0.301 e. The first-order valence-corrected chi connectivity index (χ1v) is 16.3. The van der Waals surface area contributed by atoms with Crippen molar-refractivity contribution in [2.45, 2.75) is 36.6 Å². The van der Waals surface area contributed by atoms with Gasteiger partial charge in [0.2, 0.25) is 5.13 Å². The molecule has 12 heteroatoms. The zero-order valence-corrected chi connectivity index (χ0v) is 27.0. The van der Waals surface area contributed by atoms with Crippen LogP contribution in [0.1, 0.15) is 39.4 Å². The molecule has 1 atom stereocenters. The second kappa shape index (κ2) is 13.6. The van der Waals surface area contributed by atoms with Crippen molar-refractivity contribution in [3.05, 3.63) is 146 Å². The average molecular weight is 665 g/mol. The molecule has 1 amide bonds. The number of aliphatic hydroxyl groups excluding tert-OH is 1. The van der Waals surface area contributed by atoms with Gasteiger partial charge in [0, 0.05) is 23.4 Å². The first kappa shape index (κ1) is 31.6. The third-order valence-electron chi connectivity index (χ3n) is 7.73. The number of anilines is 1. The number of hydrogen-bond acceptors (Lipinski definition) is 10. The molecule has 1 fully saturated rings. The average Bonchev–Trinajstić information content (AvgIpc) is 3.65. The topological polar surface area (TPSA) is 136 Å². The molecule has 1 aromatic heterocycles. The molecule has 4 aromatic carbocycles. The number of thioether (sulfide) groups is 1. The fourth-order valence-corrected chi connectivity index (χ4v) is 6.93. The Morgan fingerprint density at radius 2 is 1.66 bits per heavy atom. The largest absolute Gasteiger partial charge is 0.507 e. The number of ether oxygens (including phenoxy) is 1. The summed E-state index contributed by atoms with van der Waals surface area (Å²) < 4.78 is 6.51. The monoisotopic (exact) mass is 664 g/mol. The highest BCUT2D eigenvalue weighted by molar-refractivity contribution is 8.00. The van der Waals surface area contributed by atoms with Crippen LogP contribution in [0.15, 0.2) is 107 Å². The van der Waals surface area contributed by atoms with Crippen molar-refractivity contribution >= 4 is 51.4 Å². The number of aliphatic hydroxyl groups is 1. The highest BCUT2D eigenvalue weighted by atomic mass is 32.2. The second-order valence-corrected chi connectivity index (χ2v) is 13.1. The van der Waals surface area contributed by atoms with Gasteiger partial charge in [0.05, 0.1) is 16.5 Å². The number of nitro benzene ring substituents is 1. The number of benzene rings is 4. The Labute approximate surface area is 278 Å². The van der Waals surface area contributed by atoms with Gasteiger partial charge in [-0.05, 0) is 72.5 Å².